The van der Waals surface area contributed by atoms with E-state index in [2.05, 4.69) is 0 Å². The first-order valence-electron chi connectivity index (χ1n) is 9.21. The molecular formula is C21H18ClF3N2O4S. The van der Waals surface area contributed by atoms with Crippen LogP contribution in [0.25, 0.3) is 0 Å². The topological polar surface area (TPSA) is 70.8 Å². The molecular weight excluding hydrogens is 469 g/mol. The highest BCUT2D eigenvalue weighted by Gasteiger charge is 2.34. The normalized spacial score (nSPS) is 11.9. The van der Waals surface area contributed by atoms with E-state index in [4.69, 9.17) is 16.0 Å². The zero-order valence-electron chi connectivity index (χ0n) is 16.7. The second-order valence-corrected chi connectivity index (χ2v) is 9.15. The summed E-state index contributed by atoms with van der Waals surface area (Å²) in [6.45, 7) is -1.98. The van der Waals surface area contributed by atoms with Gasteiger partial charge in [0, 0.05) is 12.6 Å². The molecule has 0 unspecified atom stereocenters. The fourth-order valence-electron chi connectivity index (χ4n) is 2.95. The van der Waals surface area contributed by atoms with Gasteiger partial charge in [-0.25, -0.2) is 8.42 Å². The molecule has 1 heterocycles. The molecule has 3 aromatic rings. The first-order chi connectivity index (χ1) is 15.0. The Hall–Kier alpha value is -2.98. The number of para-hydroxylation sites is 1. The van der Waals surface area contributed by atoms with Crippen molar-refractivity contribution in [3.63, 3.8) is 0 Å². The Morgan fingerprint density at radius 1 is 1.06 bits per heavy atom. The minimum absolute atomic E-state index is 0.146. The molecule has 6 nitrogen and oxygen atoms in total. The number of sulfonamides is 1. The van der Waals surface area contributed by atoms with Crippen LogP contribution in [-0.2, 0) is 16.6 Å². The summed E-state index contributed by atoms with van der Waals surface area (Å²) < 4.78 is 71.5. The highest BCUT2D eigenvalue weighted by atomic mass is 35.5. The summed E-state index contributed by atoms with van der Waals surface area (Å²) in [4.78, 5) is 13.0. The van der Waals surface area contributed by atoms with Crippen LogP contribution < -0.4 is 4.31 Å². The van der Waals surface area contributed by atoms with Crippen LogP contribution >= 0.6 is 11.6 Å². The molecule has 1 aromatic heterocycles. The third kappa shape index (κ3) is 5.43. The van der Waals surface area contributed by atoms with E-state index >= 15 is 0 Å². The fraction of sp³-hybridized carbons (Fsp3) is 0.190. The lowest BCUT2D eigenvalue weighted by Crippen LogP contribution is -2.38. The Morgan fingerprint density at radius 3 is 2.34 bits per heavy atom. The molecule has 3 rings (SSSR count). The first-order valence-corrected chi connectivity index (χ1v) is 11.0. The maximum atomic E-state index is 13.1. The molecule has 170 valence electrons. The van der Waals surface area contributed by atoms with E-state index in [0.29, 0.717) is 10.6 Å². The van der Waals surface area contributed by atoms with Gasteiger partial charge in [0.15, 0.2) is 0 Å². The van der Waals surface area contributed by atoms with Gasteiger partial charge in [0.2, 0.25) is 0 Å². The number of carbonyl (C=O) groups is 1. The minimum atomic E-state index is -4.67. The number of carbonyl (C=O) groups excluding carboxylic acids is 1. The van der Waals surface area contributed by atoms with Crippen LogP contribution in [-0.4, -0.2) is 39.0 Å². The van der Waals surface area contributed by atoms with E-state index in [1.165, 1.54) is 37.6 Å². The van der Waals surface area contributed by atoms with Gasteiger partial charge in [0.25, 0.3) is 15.9 Å². The quantitative estimate of drug-likeness (QED) is 0.473. The van der Waals surface area contributed by atoms with Crippen LogP contribution in [0, 0.1) is 0 Å². The number of hydrogen-bond donors (Lipinski definition) is 0. The van der Waals surface area contributed by atoms with E-state index in [-0.39, 0.29) is 16.3 Å². The molecule has 0 fully saturated rings. The molecule has 0 radical (unpaired) electrons. The second kappa shape index (κ2) is 9.25. The number of amides is 1. The molecule has 0 saturated heterocycles. The molecule has 0 aliphatic carbocycles. The van der Waals surface area contributed by atoms with Crippen molar-refractivity contribution in [1.29, 1.82) is 0 Å². The molecule has 0 N–H and O–H groups in total. The van der Waals surface area contributed by atoms with Crippen molar-refractivity contribution in [3.05, 3.63) is 83.3 Å². The minimum Gasteiger partial charge on any atom is -0.467 e. The predicted molar refractivity (Wildman–Crippen MR) is 113 cm³/mol. The molecule has 0 aliphatic heterocycles. The summed E-state index contributed by atoms with van der Waals surface area (Å²) in [5.74, 6) is -0.873. The Balaban J connectivity index is 1.97. The number of alkyl halides is 3. The second-order valence-electron chi connectivity index (χ2n) is 6.81. The van der Waals surface area contributed by atoms with Crippen LogP contribution in [0.3, 0.4) is 0 Å². The van der Waals surface area contributed by atoms with Gasteiger partial charge in [-0.1, -0.05) is 29.8 Å². The number of rotatable bonds is 7. The van der Waals surface area contributed by atoms with E-state index < -0.39 is 40.1 Å². The lowest BCUT2D eigenvalue weighted by molar-refractivity contribution is -0.142. The van der Waals surface area contributed by atoms with Gasteiger partial charge in [-0.3, -0.25) is 9.10 Å². The molecule has 0 bridgehead atoms. The summed E-state index contributed by atoms with van der Waals surface area (Å²) in [6, 6.07) is 14.4. The zero-order chi connectivity index (χ0) is 23.5. The molecule has 11 heteroatoms. The number of furan rings is 1. The van der Waals surface area contributed by atoms with Gasteiger partial charge >= 0.3 is 6.18 Å². The Labute approximate surface area is 187 Å². The van der Waals surface area contributed by atoms with Crippen LogP contribution in [0.2, 0.25) is 5.02 Å². The summed E-state index contributed by atoms with van der Waals surface area (Å²) in [6.07, 6.45) is -3.39. The predicted octanol–water partition coefficient (Wildman–Crippen LogP) is 4.96. The van der Waals surface area contributed by atoms with Gasteiger partial charge < -0.3 is 9.32 Å². The van der Waals surface area contributed by atoms with Gasteiger partial charge in [0.05, 0.1) is 23.5 Å². The largest absolute Gasteiger partial charge is 0.467 e. The highest BCUT2D eigenvalue weighted by molar-refractivity contribution is 7.93. The van der Waals surface area contributed by atoms with Gasteiger partial charge in [0.1, 0.15) is 17.2 Å². The number of nitrogens with zero attached hydrogens (tertiary/aromatic N) is 2. The monoisotopic (exact) mass is 486 g/mol. The first kappa shape index (κ1) is 23.7. The lowest BCUT2D eigenvalue weighted by atomic mass is 10.2. The van der Waals surface area contributed by atoms with E-state index in [9.17, 15) is 26.4 Å². The smallest absolute Gasteiger partial charge is 0.406 e. The number of benzene rings is 2. The Kier molecular flexibility index (Phi) is 6.85. The standard InChI is InChI=1S/C21H18ClF3N2O4S/c1-26(16-6-3-2-4-7-16)32(29,30)19-12-15(9-10-18(19)22)20(28)27(14-21(23,24)25)13-17-8-5-11-31-17/h2-12H,13-14H2,1H3. The fourth-order valence-corrected chi connectivity index (χ4v) is 4.64. The highest BCUT2D eigenvalue weighted by Crippen LogP contribution is 2.29. The average molecular weight is 487 g/mol. The maximum Gasteiger partial charge on any atom is 0.406 e. The molecule has 0 spiro atoms. The summed E-state index contributed by atoms with van der Waals surface area (Å²) in [7, 11) is -2.89. The molecule has 1 amide bonds. The van der Waals surface area contributed by atoms with Gasteiger partial charge in [-0.2, -0.15) is 13.2 Å². The van der Waals surface area contributed by atoms with Crippen molar-refractivity contribution >= 4 is 33.2 Å². The third-order valence-corrected chi connectivity index (χ3v) is 6.79. The summed E-state index contributed by atoms with van der Waals surface area (Å²) >= 11 is 6.09. The Bertz CT molecular complexity index is 1180. The molecule has 32 heavy (non-hydrogen) atoms. The van der Waals surface area contributed by atoms with Crippen molar-refractivity contribution in [2.75, 3.05) is 17.9 Å². The van der Waals surface area contributed by atoms with Crippen molar-refractivity contribution in [1.82, 2.24) is 4.90 Å². The van der Waals surface area contributed by atoms with Crippen LogP contribution in [0.4, 0.5) is 18.9 Å². The SMILES string of the molecule is CN(c1ccccc1)S(=O)(=O)c1cc(C(=O)N(Cc2ccco2)CC(F)(F)F)ccc1Cl. The van der Waals surface area contributed by atoms with E-state index in [1.54, 1.807) is 30.3 Å². The maximum absolute atomic E-state index is 13.1. The lowest BCUT2D eigenvalue weighted by Gasteiger charge is -2.24. The zero-order valence-corrected chi connectivity index (χ0v) is 18.3. The van der Waals surface area contributed by atoms with Gasteiger partial charge in [-0.15, -0.1) is 0 Å². The van der Waals surface area contributed by atoms with Crippen LogP contribution in [0.15, 0.2) is 76.2 Å². The average Bonchev–Trinajstić information content (AvgIpc) is 3.25. The Morgan fingerprint density at radius 2 is 1.75 bits per heavy atom. The molecule has 0 atom stereocenters. The molecule has 0 aliphatic rings. The van der Waals surface area contributed by atoms with E-state index in [0.717, 1.165) is 10.4 Å². The summed E-state index contributed by atoms with van der Waals surface area (Å²) in [5, 5.41) is -0.169. The molecule has 0 saturated carbocycles. The molecule has 2 aromatic carbocycles. The van der Waals surface area contributed by atoms with Crippen molar-refractivity contribution in [2.24, 2.45) is 0 Å². The van der Waals surface area contributed by atoms with E-state index in [1.807, 2.05) is 0 Å². The van der Waals surface area contributed by atoms with Crippen molar-refractivity contribution in [2.45, 2.75) is 17.6 Å². The van der Waals surface area contributed by atoms with Gasteiger partial charge in [-0.05, 0) is 42.5 Å². The van der Waals surface area contributed by atoms with Crippen molar-refractivity contribution < 1.29 is 30.8 Å². The van der Waals surface area contributed by atoms with Crippen LogP contribution in [0.5, 0.6) is 0 Å². The third-order valence-electron chi connectivity index (χ3n) is 4.52. The van der Waals surface area contributed by atoms with Crippen molar-refractivity contribution in [3.8, 4) is 0 Å². The number of anilines is 1. The van der Waals surface area contributed by atoms with Crippen LogP contribution in [0.1, 0.15) is 16.1 Å². The number of hydrogen-bond acceptors (Lipinski definition) is 4. The summed E-state index contributed by atoms with van der Waals surface area (Å²) in [5.41, 5.74) is 0.0852. The number of halogens is 4.